The van der Waals surface area contributed by atoms with E-state index in [1.807, 2.05) is 17.7 Å². The van der Waals surface area contributed by atoms with Gasteiger partial charge >= 0.3 is 0 Å². The van der Waals surface area contributed by atoms with Gasteiger partial charge in [-0.3, -0.25) is 4.79 Å². The van der Waals surface area contributed by atoms with Crippen LogP contribution in [0.15, 0.2) is 12.3 Å². The summed E-state index contributed by atoms with van der Waals surface area (Å²) in [6, 6.07) is 2.18. The number of carbonyl (C=O) groups excluding carboxylic acids is 1. The fourth-order valence-electron chi connectivity index (χ4n) is 1.75. The van der Waals surface area contributed by atoms with Gasteiger partial charge in [0.2, 0.25) is 0 Å². The average Bonchev–Trinajstić information content (AvgIpc) is 3.09. The molecule has 94 valence electrons. The van der Waals surface area contributed by atoms with E-state index in [0.717, 1.165) is 12.8 Å². The topological polar surface area (TPSA) is 69.3 Å². The number of nitrogens with two attached hydrogens (primary N) is 1. The fraction of sp³-hybridized carbons (Fsp3) is 0.583. The molecule has 0 aromatic carbocycles. The third-order valence-electron chi connectivity index (χ3n) is 3.00. The quantitative estimate of drug-likeness (QED) is 0.807. The lowest BCUT2D eigenvalue weighted by molar-refractivity contribution is 0.0862. The molecule has 1 aromatic rings. The molecule has 1 unspecified atom stereocenters. The largest absolute Gasteiger partial charge is 0.397 e. The first-order valence-corrected chi connectivity index (χ1v) is 5.90. The van der Waals surface area contributed by atoms with Crippen molar-refractivity contribution in [3.05, 3.63) is 18.0 Å². The lowest BCUT2D eigenvalue weighted by atomic mass is 10.3. The molecule has 0 bridgehead atoms. The van der Waals surface area contributed by atoms with Gasteiger partial charge in [0.25, 0.3) is 5.91 Å². The summed E-state index contributed by atoms with van der Waals surface area (Å²) < 4.78 is 7.06. The minimum absolute atomic E-state index is 0.0145. The van der Waals surface area contributed by atoms with Crippen molar-refractivity contribution in [2.24, 2.45) is 0 Å². The zero-order valence-corrected chi connectivity index (χ0v) is 10.3. The van der Waals surface area contributed by atoms with Gasteiger partial charge < -0.3 is 20.4 Å². The van der Waals surface area contributed by atoms with Gasteiger partial charge in [0, 0.05) is 25.9 Å². The standard InChI is InChI=1S/C12H19N3O2/c1-8(17-2)6-14-12(16)11-5-9(13)7-15(11)10-3-4-10/h5,7-8,10H,3-4,6,13H2,1-2H3,(H,14,16). The molecule has 0 aliphatic heterocycles. The van der Waals surface area contributed by atoms with Crippen LogP contribution in [0.5, 0.6) is 0 Å². The zero-order chi connectivity index (χ0) is 12.4. The van der Waals surface area contributed by atoms with Crippen molar-refractivity contribution < 1.29 is 9.53 Å². The molecular formula is C12H19N3O2. The van der Waals surface area contributed by atoms with Gasteiger partial charge in [-0.15, -0.1) is 0 Å². The zero-order valence-electron chi connectivity index (χ0n) is 10.3. The van der Waals surface area contributed by atoms with Crippen LogP contribution >= 0.6 is 0 Å². The van der Waals surface area contributed by atoms with Gasteiger partial charge in [-0.25, -0.2) is 0 Å². The molecule has 1 atom stereocenters. The first-order valence-electron chi connectivity index (χ1n) is 5.90. The monoisotopic (exact) mass is 237 g/mol. The predicted octanol–water partition coefficient (Wildman–Crippen LogP) is 1.17. The van der Waals surface area contributed by atoms with E-state index in [4.69, 9.17) is 10.5 Å². The number of ether oxygens (including phenoxy) is 1. The summed E-state index contributed by atoms with van der Waals surface area (Å²) in [6.45, 7) is 2.42. The summed E-state index contributed by atoms with van der Waals surface area (Å²) in [4.78, 5) is 12.0. The van der Waals surface area contributed by atoms with E-state index >= 15 is 0 Å². The first kappa shape index (κ1) is 12.0. The van der Waals surface area contributed by atoms with E-state index in [1.165, 1.54) is 0 Å². The van der Waals surface area contributed by atoms with Crippen LogP contribution in [0, 0.1) is 0 Å². The minimum Gasteiger partial charge on any atom is -0.397 e. The normalized spacial score (nSPS) is 16.8. The van der Waals surface area contributed by atoms with Crippen LogP contribution in [0.25, 0.3) is 0 Å². The van der Waals surface area contributed by atoms with Gasteiger partial charge in [-0.1, -0.05) is 0 Å². The minimum atomic E-state index is -0.0856. The van der Waals surface area contributed by atoms with E-state index in [9.17, 15) is 4.79 Å². The number of amides is 1. The maximum atomic E-state index is 12.0. The Morgan fingerprint density at radius 3 is 3.00 bits per heavy atom. The number of hydrogen-bond donors (Lipinski definition) is 2. The highest BCUT2D eigenvalue weighted by molar-refractivity contribution is 5.93. The molecule has 1 aliphatic carbocycles. The lowest BCUT2D eigenvalue weighted by Crippen LogP contribution is -2.32. The smallest absolute Gasteiger partial charge is 0.268 e. The summed E-state index contributed by atoms with van der Waals surface area (Å²) in [6.07, 6.45) is 4.11. The van der Waals surface area contributed by atoms with E-state index in [-0.39, 0.29) is 12.0 Å². The van der Waals surface area contributed by atoms with Gasteiger partial charge in [0.05, 0.1) is 11.8 Å². The van der Waals surface area contributed by atoms with Crippen molar-refractivity contribution in [1.82, 2.24) is 9.88 Å². The van der Waals surface area contributed by atoms with Crippen molar-refractivity contribution >= 4 is 11.6 Å². The van der Waals surface area contributed by atoms with Crippen molar-refractivity contribution in [2.75, 3.05) is 19.4 Å². The predicted molar refractivity (Wildman–Crippen MR) is 65.9 cm³/mol. The molecular weight excluding hydrogens is 218 g/mol. The average molecular weight is 237 g/mol. The summed E-state index contributed by atoms with van der Waals surface area (Å²) >= 11 is 0. The number of aromatic nitrogens is 1. The van der Waals surface area contributed by atoms with Crippen LogP contribution in [-0.4, -0.2) is 30.2 Å². The molecule has 1 saturated carbocycles. The molecule has 0 radical (unpaired) electrons. The van der Waals surface area contributed by atoms with Crippen molar-refractivity contribution in [3.63, 3.8) is 0 Å². The number of nitrogens with one attached hydrogen (secondary N) is 1. The van der Waals surface area contributed by atoms with Crippen LogP contribution in [0.2, 0.25) is 0 Å². The van der Waals surface area contributed by atoms with Crippen molar-refractivity contribution in [3.8, 4) is 0 Å². The molecule has 5 heteroatoms. The Hall–Kier alpha value is -1.49. The van der Waals surface area contributed by atoms with Crippen LogP contribution in [0.1, 0.15) is 36.3 Å². The highest BCUT2D eigenvalue weighted by Crippen LogP contribution is 2.37. The Morgan fingerprint density at radius 1 is 1.71 bits per heavy atom. The number of nitrogen functional groups attached to an aromatic ring is 1. The molecule has 2 rings (SSSR count). The first-order chi connectivity index (χ1) is 8.11. The van der Waals surface area contributed by atoms with Crippen LogP contribution in [0.3, 0.4) is 0 Å². The van der Waals surface area contributed by atoms with Gasteiger partial charge in [-0.05, 0) is 25.8 Å². The van der Waals surface area contributed by atoms with Gasteiger partial charge in [-0.2, -0.15) is 0 Å². The second-order valence-corrected chi connectivity index (χ2v) is 4.55. The molecule has 1 aliphatic rings. The highest BCUT2D eigenvalue weighted by atomic mass is 16.5. The van der Waals surface area contributed by atoms with E-state index in [0.29, 0.717) is 24.0 Å². The van der Waals surface area contributed by atoms with E-state index < -0.39 is 0 Å². The molecule has 0 saturated heterocycles. The molecule has 3 N–H and O–H groups in total. The number of rotatable bonds is 5. The van der Waals surface area contributed by atoms with E-state index in [2.05, 4.69) is 5.32 Å². The number of nitrogens with zero attached hydrogens (tertiary/aromatic N) is 1. The molecule has 1 fully saturated rings. The van der Waals surface area contributed by atoms with E-state index in [1.54, 1.807) is 13.2 Å². The Labute approximate surface area is 101 Å². The summed E-state index contributed by atoms with van der Waals surface area (Å²) in [5, 5.41) is 2.85. The maximum absolute atomic E-state index is 12.0. The maximum Gasteiger partial charge on any atom is 0.268 e. The van der Waals surface area contributed by atoms with Crippen molar-refractivity contribution in [2.45, 2.75) is 31.9 Å². The van der Waals surface area contributed by atoms with Gasteiger partial charge in [0.1, 0.15) is 5.69 Å². The van der Waals surface area contributed by atoms with Crippen LogP contribution in [0.4, 0.5) is 5.69 Å². The number of hydrogen-bond acceptors (Lipinski definition) is 3. The molecule has 1 heterocycles. The molecule has 1 amide bonds. The summed E-state index contributed by atoms with van der Waals surface area (Å²) in [5.74, 6) is -0.0856. The van der Waals surface area contributed by atoms with Gasteiger partial charge in [0.15, 0.2) is 0 Å². The Morgan fingerprint density at radius 2 is 2.41 bits per heavy atom. The second kappa shape index (κ2) is 4.79. The van der Waals surface area contributed by atoms with Crippen molar-refractivity contribution in [1.29, 1.82) is 0 Å². The van der Waals surface area contributed by atoms with Crippen LogP contribution < -0.4 is 11.1 Å². The summed E-state index contributed by atoms with van der Waals surface area (Å²) in [5.41, 5.74) is 7.03. The number of carbonyl (C=O) groups is 1. The Kier molecular flexibility index (Phi) is 3.38. The second-order valence-electron chi connectivity index (χ2n) is 4.55. The third-order valence-corrected chi connectivity index (χ3v) is 3.00. The number of anilines is 1. The molecule has 0 spiro atoms. The lowest BCUT2D eigenvalue weighted by Gasteiger charge is -2.12. The molecule has 1 aromatic heterocycles. The third kappa shape index (κ3) is 2.79. The fourth-order valence-corrected chi connectivity index (χ4v) is 1.75. The Bertz CT molecular complexity index is 410. The summed E-state index contributed by atoms with van der Waals surface area (Å²) in [7, 11) is 1.63. The SMILES string of the molecule is COC(C)CNC(=O)c1cc(N)cn1C1CC1. The molecule has 17 heavy (non-hydrogen) atoms. The van der Waals surface area contributed by atoms with Crippen LogP contribution in [-0.2, 0) is 4.74 Å². The highest BCUT2D eigenvalue weighted by Gasteiger charge is 2.27. The number of methoxy groups -OCH3 is 1. The molecule has 5 nitrogen and oxygen atoms in total. The Balaban J connectivity index is 2.03.